The number of hydrazone groups is 1. The van der Waals surface area contributed by atoms with Crippen molar-refractivity contribution in [1.82, 2.24) is 9.97 Å². The lowest BCUT2D eigenvalue weighted by Gasteiger charge is -2.08. The number of anilines is 1. The minimum absolute atomic E-state index is 0.352. The number of hydrogen-bond acceptors (Lipinski definition) is 7. The van der Waals surface area contributed by atoms with Gasteiger partial charge in [-0.05, 0) is 25.1 Å². The van der Waals surface area contributed by atoms with Crippen molar-refractivity contribution in [2.75, 3.05) is 12.0 Å². The van der Waals surface area contributed by atoms with E-state index in [9.17, 15) is 9.65 Å². The van der Waals surface area contributed by atoms with E-state index in [1.807, 2.05) is 31.2 Å². The Morgan fingerprint density at radius 3 is 2.80 bits per heavy atom. The van der Waals surface area contributed by atoms with E-state index >= 15 is 0 Å². The first kappa shape index (κ1) is 19.5. The van der Waals surface area contributed by atoms with Crippen molar-refractivity contribution in [2.24, 2.45) is 5.10 Å². The number of para-hydroxylation sites is 1. The summed E-state index contributed by atoms with van der Waals surface area (Å²) >= 11 is 1.38. The molecule has 0 amide bonds. The Balaban J connectivity index is 1.76. The van der Waals surface area contributed by atoms with Crippen molar-refractivity contribution in [3.63, 3.8) is 0 Å². The summed E-state index contributed by atoms with van der Waals surface area (Å²) in [6.45, 7) is 2.43. The molecule has 2 aromatic carbocycles. The van der Waals surface area contributed by atoms with E-state index in [0.29, 0.717) is 39.5 Å². The predicted octanol–water partition coefficient (Wildman–Crippen LogP) is 5.21. The molecule has 0 aliphatic heterocycles. The molecule has 8 heteroatoms. The van der Waals surface area contributed by atoms with Crippen LogP contribution in [0.3, 0.4) is 0 Å². The summed E-state index contributed by atoms with van der Waals surface area (Å²) in [6.07, 6.45) is 2.75. The van der Waals surface area contributed by atoms with Crippen LogP contribution in [0.4, 0.5) is 10.2 Å². The maximum absolute atomic E-state index is 13.8. The number of halogens is 1. The SMILES string of the molecule is CCOc1ccccc1-c1sc2c(NN=Cc3ccccc3F)ncnc2c1C#N. The fourth-order valence-electron chi connectivity index (χ4n) is 2.96. The molecule has 0 atom stereocenters. The Labute approximate surface area is 176 Å². The number of thiophene rings is 1. The lowest BCUT2D eigenvalue weighted by Crippen LogP contribution is -1.96. The Kier molecular flexibility index (Phi) is 5.63. The molecule has 0 unspecified atom stereocenters. The average molecular weight is 417 g/mol. The zero-order chi connectivity index (χ0) is 20.9. The van der Waals surface area contributed by atoms with Gasteiger partial charge in [-0.25, -0.2) is 14.4 Å². The van der Waals surface area contributed by atoms with Crippen LogP contribution < -0.4 is 10.2 Å². The van der Waals surface area contributed by atoms with E-state index in [1.54, 1.807) is 18.2 Å². The van der Waals surface area contributed by atoms with Crippen LogP contribution in [0, 0.1) is 17.1 Å². The van der Waals surface area contributed by atoms with E-state index < -0.39 is 0 Å². The normalized spacial score (nSPS) is 11.0. The number of nitrogens with zero attached hydrogens (tertiary/aromatic N) is 4. The van der Waals surface area contributed by atoms with Gasteiger partial charge >= 0.3 is 0 Å². The van der Waals surface area contributed by atoms with Gasteiger partial charge in [0, 0.05) is 11.1 Å². The number of nitriles is 1. The van der Waals surface area contributed by atoms with E-state index in [1.165, 1.54) is 29.9 Å². The van der Waals surface area contributed by atoms with Crippen LogP contribution in [0.15, 0.2) is 60.0 Å². The third-order valence-corrected chi connectivity index (χ3v) is 5.51. The van der Waals surface area contributed by atoms with Crippen molar-refractivity contribution in [1.29, 1.82) is 5.26 Å². The average Bonchev–Trinajstić information content (AvgIpc) is 3.15. The minimum Gasteiger partial charge on any atom is -0.493 e. The van der Waals surface area contributed by atoms with Crippen molar-refractivity contribution < 1.29 is 9.13 Å². The monoisotopic (exact) mass is 417 g/mol. The number of ether oxygens (including phenoxy) is 1. The quantitative estimate of drug-likeness (QED) is 0.344. The second-order valence-corrected chi connectivity index (χ2v) is 7.16. The van der Waals surface area contributed by atoms with Crippen LogP contribution in [0.1, 0.15) is 18.1 Å². The van der Waals surface area contributed by atoms with E-state index in [0.717, 1.165) is 10.4 Å². The topological polar surface area (TPSA) is 83.2 Å². The smallest absolute Gasteiger partial charge is 0.167 e. The second-order valence-electron chi connectivity index (χ2n) is 6.14. The molecule has 0 bridgehead atoms. The van der Waals surface area contributed by atoms with Crippen molar-refractivity contribution >= 4 is 33.6 Å². The van der Waals surface area contributed by atoms with E-state index in [2.05, 4.69) is 26.6 Å². The largest absolute Gasteiger partial charge is 0.493 e. The van der Waals surface area contributed by atoms with Crippen LogP contribution in [-0.4, -0.2) is 22.8 Å². The first-order valence-corrected chi connectivity index (χ1v) is 9.98. The molecule has 2 aromatic heterocycles. The molecule has 30 heavy (non-hydrogen) atoms. The Morgan fingerprint density at radius 1 is 1.20 bits per heavy atom. The minimum atomic E-state index is -0.367. The van der Waals surface area contributed by atoms with Gasteiger partial charge in [-0.3, -0.25) is 5.43 Å². The molecular formula is C22H16FN5OS. The molecular weight excluding hydrogens is 401 g/mol. The summed E-state index contributed by atoms with van der Waals surface area (Å²) in [5.74, 6) is 0.769. The molecule has 2 heterocycles. The van der Waals surface area contributed by atoms with Crippen LogP contribution in [-0.2, 0) is 0 Å². The van der Waals surface area contributed by atoms with Gasteiger partial charge in [-0.1, -0.05) is 30.3 Å². The van der Waals surface area contributed by atoms with Crippen LogP contribution >= 0.6 is 11.3 Å². The fraction of sp³-hybridized carbons (Fsp3) is 0.0909. The first-order valence-electron chi connectivity index (χ1n) is 9.16. The highest BCUT2D eigenvalue weighted by atomic mass is 32.1. The second kappa shape index (κ2) is 8.68. The molecule has 0 aliphatic rings. The van der Waals surface area contributed by atoms with Crippen LogP contribution in [0.2, 0.25) is 0 Å². The summed E-state index contributed by atoms with van der Waals surface area (Å²) in [7, 11) is 0. The zero-order valence-corrected chi connectivity index (χ0v) is 16.8. The third kappa shape index (κ3) is 3.71. The zero-order valence-electron chi connectivity index (χ0n) is 16.0. The number of rotatable bonds is 6. The van der Waals surface area contributed by atoms with Gasteiger partial charge in [0.1, 0.15) is 29.5 Å². The highest BCUT2D eigenvalue weighted by Crippen LogP contribution is 2.43. The predicted molar refractivity (Wildman–Crippen MR) is 116 cm³/mol. The lowest BCUT2D eigenvalue weighted by atomic mass is 10.1. The molecule has 0 fully saturated rings. The lowest BCUT2D eigenvalue weighted by molar-refractivity contribution is 0.341. The van der Waals surface area contributed by atoms with Gasteiger partial charge in [0.2, 0.25) is 0 Å². The Morgan fingerprint density at radius 2 is 2.00 bits per heavy atom. The van der Waals surface area contributed by atoms with Gasteiger partial charge in [-0.2, -0.15) is 10.4 Å². The van der Waals surface area contributed by atoms with Gasteiger partial charge in [-0.15, -0.1) is 11.3 Å². The van der Waals surface area contributed by atoms with E-state index in [4.69, 9.17) is 4.74 Å². The van der Waals surface area contributed by atoms with Gasteiger partial charge in [0.05, 0.1) is 28.0 Å². The summed E-state index contributed by atoms with van der Waals surface area (Å²) in [4.78, 5) is 9.29. The summed E-state index contributed by atoms with van der Waals surface area (Å²) in [6, 6.07) is 16.1. The fourth-order valence-corrected chi connectivity index (χ4v) is 4.13. The van der Waals surface area contributed by atoms with Crippen LogP contribution in [0.25, 0.3) is 20.7 Å². The van der Waals surface area contributed by atoms with Crippen molar-refractivity contribution in [3.8, 4) is 22.3 Å². The number of benzene rings is 2. The molecule has 148 valence electrons. The molecule has 4 aromatic rings. The molecule has 0 saturated carbocycles. The molecule has 0 saturated heterocycles. The molecule has 1 N–H and O–H groups in total. The molecule has 4 rings (SSSR count). The molecule has 0 radical (unpaired) electrons. The maximum Gasteiger partial charge on any atom is 0.167 e. The summed E-state index contributed by atoms with van der Waals surface area (Å²) in [5, 5.41) is 13.9. The molecule has 0 aliphatic carbocycles. The first-order chi connectivity index (χ1) is 14.7. The highest BCUT2D eigenvalue weighted by molar-refractivity contribution is 7.23. The molecule has 6 nitrogen and oxygen atoms in total. The van der Waals surface area contributed by atoms with E-state index in [-0.39, 0.29) is 5.82 Å². The van der Waals surface area contributed by atoms with Crippen molar-refractivity contribution in [2.45, 2.75) is 6.92 Å². The Hall–Kier alpha value is -3.83. The molecule has 0 spiro atoms. The van der Waals surface area contributed by atoms with Gasteiger partial charge in [0.15, 0.2) is 5.82 Å². The van der Waals surface area contributed by atoms with Gasteiger partial charge < -0.3 is 4.74 Å². The van der Waals surface area contributed by atoms with Gasteiger partial charge in [0.25, 0.3) is 0 Å². The summed E-state index contributed by atoms with van der Waals surface area (Å²) in [5.41, 5.74) is 4.99. The maximum atomic E-state index is 13.8. The standard InChI is InChI=1S/C22H16FN5OS/c1-2-29-18-10-6-4-8-15(18)20-16(11-24)19-21(30-20)22(26-13-25-19)28-27-12-14-7-3-5-9-17(14)23/h3-10,12-13H,2H2,1H3,(H,25,26,28). The number of aromatic nitrogens is 2. The highest BCUT2D eigenvalue weighted by Gasteiger charge is 2.20. The number of fused-ring (bicyclic) bond motifs is 1. The van der Waals surface area contributed by atoms with Crippen LogP contribution in [0.5, 0.6) is 5.75 Å². The number of nitrogens with one attached hydrogen (secondary N) is 1. The number of hydrogen-bond donors (Lipinski definition) is 1. The Bertz CT molecular complexity index is 1280. The van der Waals surface area contributed by atoms with Crippen molar-refractivity contribution in [3.05, 3.63) is 71.8 Å². The third-order valence-electron chi connectivity index (χ3n) is 4.29. The summed E-state index contributed by atoms with van der Waals surface area (Å²) < 4.78 is 20.2.